The third-order valence-electron chi connectivity index (χ3n) is 9.87. The number of aromatic nitrogens is 6. The molecule has 10 heteroatoms. The summed E-state index contributed by atoms with van der Waals surface area (Å²) in [6, 6.07) is 34.5. The van der Waals surface area contributed by atoms with Crippen molar-refractivity contribution in [2.75, 3.05) is 0 Å². The van der Waals surface area contributed by atoms with Gasteiger partial charge in [0.05, 0.1) is 0 Å². The summed E-state index contributed by atoms with van der Waals surface area (Å²) >= 11 is 3.32. The molecule has 8 rings (SSSR count). The van der Waals surface area contributed by atoms with Gasteiger partial charge in [-0.15, -0.1) is 0 Å². The molecule has 0 amide bonds. The van der Waals surface area contributed by atoms with E-state index in [9.17, 15) is 0 Å². The molecule has 4 aromatic carbocycles. The first-order valence-corrected chi connectivity index (χ1v) is 20.7. The van der Waals surface area contributed by atoms with E-state index in [4.69, 9.17) is 24.9 Å². The molecule has 8 aromatic rings. The molecule has 0 fully saturated rings. The van der Waals surface area contributed by atoms with Crippen LogP contribution in [-0.4, -0.2) is 49.2 Å². The van der Waals surface area contributed by atoms with Gasteiger partial charge in [0.2, 0.25) is 0 Å². The van der Waals surface area contributed by atoms with E-state index in [-0.39, 0.29) is 0 Å². The Hall–Kier alpha value is -6.35. The zero-order valence-corrected chi connectivity index (χ0v) is 34.5. The molecule has 0 atom stereocenters. The first-order chi connectivity index (χ1) is 28.4. The van der Waals surface area contributed by atoms with Crippen LogP contribution in [0.15, 0.2) is 141 Å². The van der Waals surface area contributed by atoms with E-state index in [1.54, 1.807) is 22.7 Å². The summed E-state index contributed by atoms with van der Waals surface area (Å²) in [5, 5.41) is 1.85. The number of hydrogen-bond donors (Lipinski definition) is 0. The van der Waals surface area contributed by atoms with Gasteiger partial charge in [0.25, 0.3) is 0 Å². The monoisotopic (exact) mass is 785 g/mol. The van der Waals surface area contributed by atoms with Crippen molar-refractivity contribution in [3.05, 3.63) is 167 Å². The van der Waals surface area contributed by atoms with Crippen molar-refractivity contribution in [3.63, 3.8) is 0 Å². The molecule has 0 saturated heterocycles. The van der Waals surface area contributed by atoms with Gasteiger partial charge in [0.15, 0.2) is 0 Å². The van der Waals surface area contributed by atoms with Gasteiger partial charge in [-0.05, 0) is 0 Å². The van der Waals surface area contributed by atoms with E-state index in [0.29, 0.717) is 17.5 Å². The van der Waals surface area contributed by atoms with Crippen molar-refractivity contribution in [3.8, 4) is 34.2 Å². The SMILES string of the molecule is C=C/C(=C\c1c(/C=C\C)c([B]C)n(/C(C=C)=C/C(=BC)c2nc3ccc(-c4nc(-c5ccccc5)nc(-c5ccccc5)n4)cc3s2)c1C)c1nc2ccccc2s1. The predicted molar refractivity (Wildman–Crippen MR) is 252 cm³/mol. The van der Waals surface area contributed by atoms with Gasteiger partial charge >= 0.3 is 326 Å². The van der Waals surface area contributed by atoms with Gasteiger partial charge in [0.1, 0.15) is 0 Å². The summed E-state index contributed by atoms with van der Waals surface area (Å²) in [5.74, 6) is 1.87. The minimum absolute atomic E-state index is 0.612. The van der Waals surface area contributed by atoms with E-state index in [0.717, 1.165) is 86.3 Å². The fourth-order valence-electron chi connectivity index (χ4n) is 7.02. The Morgan fingerprint density at radius 2 is 1.26 bits per heavy atom. The van der Waals surface area contributed by atoms with Crippen molar-refractivity contribution in [1.82, 2.24) is 29.5 Å². The molecule has 0 bridgehead atoms. The molecule has 0 N–H and O–H groups in total. The molecule has 58 heavy (non-hydrogen) atoms. The minimum atomic E-state index is 0.612. The van der Waals surface area contributed by atoms with Crippen LogP contribution in [0.1, 0.15) is 33.8 Å². The summed E-state index contributed by atoms with van der Waals surface area (Å²) in [6.45, 7) is 18.9. The average Bonchev–Trinajstić information content (AvgIpc) is 3.97. The fourth-order valence-corrected chi connectivity index (χ4v) is 9.05. The van der Waals surface area contributed by atoms with Crippen molar-refractivity contribution in [2.45, 2.75) is 27.5 Å². The molecule has 4 aromatic heterocycles. The van der Waals surface area contributed by atoms with Crippen LogP contribution < -0.4 is 5.59 Å². The number of para-hydroxylation sites is 1. The van der Waals surface area contributed by atoms with Crippen molar-refractivity contribution >= 4 is 91.8 Å². The van der Waals surface area contributed by atoms with Crippen molar-refractivity contribution < 1.29 is 0 Å². The Balaban J connectivity index is 1.18. The Morgan fingerprint density at radius 1 is 0.655 bits per heavy atom. The summed E-state index contributed by atoms with van der Waals surface area (Å²) in [5.41, 5.74) is 12.0. The van der Waals surface area contributed by atoms with Crippen LogP contribution in [0.3, 0.4) is 0 Å². The number of rotatable bonds is 12. The van der Waals surface area contributed by atoms with Crippen LogP contribution in [0.25, 0.3) is 78.0 Å². The second-order valence-corrected chi connectivity index (χ2v) is 15.5. The fraction of sp³-hybridized carbons (Fsp3) is 0.0833. The molecule has 6 nitrogen and oxygen atoms in total. The Labute approximate surface area is 348 Å². The predicted octanol–water partition coefficient (Wildman–Crippen LogP) is 11.3. The summed E-state index contributed by atoms with van der Waals surface area (Å²) in [4.78, 5) is 24.8. The number of nitrogens with zero attached hydrogens (tertiary/aromatic N) is 6. The van der Waals surface area contributed by atoms with E-state index < -0.39 is 0 Å². The summed E-state index contributed by atoms with van der Waals surface area (Å²) < 4.78 is 4.47. The van der Waals surface area contributed by atoms with E-state index in [1.807, 2.05) is 105 Å². The maximum absolute atomic E-state index is 5.11. The quantitative estimate of drug-likeness (QED) is 0.0911. The van der Waals surface area contributed by atoms with Gasteiger partial charge in [-0.25, -0.2) is 0 Å². The molecule has 0 aliphatic carbocycles. The number of thiazole rings is 2. The van der Waals surface area contributed by atoms with Crippen LogP contribution in [0.5, 0.6) is 0 Å². The molecule has 0 spiro atoms. The Bertz CT molecular complexity index is 2860. The molecule has 0 saturated carbocycles. The van der Waals surface area contributed by atoms with Gasteiger partial charge in [-0.1, -0.05) is 24.3 Å². The molecule has 0 aliphatic heterocycles. The van der Waals surface area contributed by atoms with Gasteiger partial charge < -0.3 is 0 Å². The van der Waals surface area contributed by atoms with E-state index in [2.05, 4.69) is 94.2 Å². The normalized spacial score (nSPS) is 12.4. The van der Waals surface area contributed by atoms with Crippen molar-refractivity contribution in [1.29, 1.82) is 0 Å². The standard InChI is InChI=1S/C48H39B2N6S2/c1-7-18-36-37(27-31(8-2)47-51-39-23-16-17-24-41(39)57-47)30(4)56(43(36)50-6)35(9-3)29-38(49-5)48-52-40-26-25-34(28-42(40)58-48)46-54-44(32-19-12-10-13-20-32)53-45(55-46)33-21-14-11-15-22-33/h7-29H,2-3H2,1,4-6H3/b18-7-,31-27+,35-29+. The third-order valence-corrected chi connectivity index (χ3v) is 12.0. The molecule has 279 valence electrons. The Kier molecular flexibility index (Phi) is 11.3. The third kappa shape index (κ3) is 7.56. The van der Waals surface area contributed by atoms with Gasteiger partial charge in [-0.2, -0.15) is 0 Å². The van der Waals surface area contributed by atoms with Crippen LogP contribution in [-0.2, 0) is 0 Å². The van der Waals surface area contributed by atoms with Crippen LogP contribution >= 0.6 is 22.7 Å². The molecular formula is C48H39B2N6S2. The second-order valence-electron chi connectivity index (χ2n) is 13.5. The number of allylic oxidation sites excluding steroid dienone is 6. The maximum atomic E-state index is 5.11. The first-order valence-electron chi connectivity index (χ1n) is 19.1. The van der Waals surface area contributed by atoms with E-state index >= 15 is 0 Å². The van der Waals surface area contributed by atoms with Crippen LogP contribution in [0.4, 0.5) is 0 Å². The van der Waals surface area contributed by atoms with Crippen LogP contribution in [0, 0.1) is 6.92 Å². The number of hydrogen-bond acceptors (Lipinski definition) is 7. The Morgan fingerprint density at radius 3 is 1.86 bits per heavy atom. The zero-order valence-electron chi connectivity index (χ0n) is 32.8. The molecule has 0 aliphatic rings. The second kappa shape index (κ2) is 17.0. The molecular weight excluding hydrogens is 746 g/mol. The molecule has 1 radical (unpaired) electrons. The molecule has 0 unspecified atom stereocenters. The van der Waals surface area contributed by atoms with Crippen LogP contribution in [0.2, 0.25) is 13.6 Å². The van der Waals surface area contributed by atoms with Crippen molar-refractivity contribution in [2.24, 2.45) is 0 Å². The van der Waals surface area contributed by atoms with E-state index in [1.165, 1.54) is 0 Å². The number of benzene rings is 4. The molecule has 4 heterocycles. The number of fused-ring (bicyclic) bond motifs is 2. The van der Waals surface area contributed by atoms with Gasteiger partial charge in [0, 0.05) is 0 Å². The van der Waals surface area contributed by atoms with Gasteiger partial charge in [-0.3, -0.25) is 0 Å². The summed E-state index contributed by atoms with van der Waals surface area (Å²) in [6.07, 6.45) is 12.4. The zero-order chi connectivity index (χ0) is 40.2. The summed E-state index contributed by atoms with van der Waals surface area (Å²) in [7, 11) is 2.16. The topological polar surface area (TPSA) is 69.4 Å². The first kappa shape index (κ1) is 38.5. The average molecular weight is 786 g/mol.